The molecule has 16 aromatic carbocycles. The van der Waals surface area contributed by atoms with E-state index in [4.69, 9.17) is 0 Å². The fourth-order valence-corrected chi connectivity index (χ4v) is 18.2. The number of hydrogen-bond donors (Lipinski definition) is 0. The van der Waals surface area contributed by atoms with Crippen LogP contribution in [0.25, 0.3) is 129 Å². The molecule has 0 aliphatic rings. The van der Waals surface area contributed by atoms with Crippen LogP contribution in [0.3, 0.4) is 0 Å². The summed E-state index contributed by atoms with van der Waals surface area (Å²) in [6, 6.07) is 103. The number of halogens is 1. The molecule has 0 fully saturated rings. The number of hydrogen-bond acceptors (Lipinski definition) is 0. The molecule has 0 heterocycles. The lowest BCUT2D eigenvalue weighted by Crippen LogP contribution is -3.00. The zero-order valence-electron chi connectivity index (χ0n) is 40.2. The van der Waals surface area contributed by atoms with E-state index in [2.05, 4.69) is 267 Å². The van der Waals surface area contributed by atoms with Crippen LogP contribution in [0, 0.1) is 0 Å². The maximum absolute atomic E-state index is 3.15. The highest BCUT2D eigenvalue weighted by molar-refractivity contribution is 8.03. The third kappa shape index (κ3) is 6.24. The largest absolute Gasteiger partial charge is 1.00 e. The summed E-state index contributed by atoms with van der Waals surface area (Å²) in [5.74, 6) is 0. The molecule has 0 aliphatic heterocycles. The van der Waals surface area contributed by atoms with Crippen LogP contribution in [-0.4, -0.2) is 0 Å². The van der Waals surface area contributed by atoms with Crippen molar-refractivity contribution in [1.82, 2.24) is 0 Å². The van der Waals surface area contributed by atoms with Gasteiger partial charge in [-0.1, -0.05) is 194 Å². The first kappa shape index (κ1) is 43.2. The van der Waals surface area contributed by atoms with Crippen molar-refractivity contribution < 1.29 is 17.0 Å². The molecule has 0 aliphatic carbocycles. The molecule has 74 heavy (non-hydrogen) atoms. The first-order valence-corrected chi connectivity index (χ1v) is 27.2. The van der Waals surface area contributed by atoms with Gasteiger partial charge in [-0.05, 0) is 181 Å². The highest BCUT2D eigenvalue weighted by atomic mass is 79.9. The van der Waals surface area contributed by atoms with Crippen LogP contribution in [0.2, 0.25) is 0 Å². The molecule has 2 heteroatoms. The van der Waals surface area contributed by atoms with Crippen LogP contribution in [0.1, 0.15) is 0 Å². The van der Waals surface area contributed by atoms with E-state index in [-0.39, 0.29) is 17.0 Å². The van der Waals surface area contributed by atoms with Gasteiger partial charge in [0.1, 0.15) is 28.5 Å². The summed E-state index contributed by atoms with van der Waals surface area (Å²) < 4.78 is 0. The summed E-state index contributed by atoms with van der Waals surface area (Å²) in [5.41, 5.74) is 0. The lowest BCUT2D eigenvalue weighted by Gasteiger charge is -2.32. The Hall–Kier alpha value is -8.45. The van der Waals surface area contributed by atoms with Crippen molar-refractivity contribution in [2.75, 3.05) is 0 Å². The fourth-order valence-electron chi connectivity index (χ4n) is 13.0. The summed E-state index contributed by atoms with van der Waals surface area (Å²) in [6.07, 6.45) is 0. The second-order valence-corrected chi connectivity index (χ2v) is 23.4. The maximum atomic E-state index is 2.53. The van der Waals surface area contributed by atoms with Crippen LogP contribution < -0.4 is 38.2 Å². The van der Waals surface area contributed by atoms with Gasteiger partial charge in [0.15, 0.2) is 0 Å². The van der Waals surface area contributed by atoms with Crippen LogP contribution in [0.4, 0.5) is 0 Å². The topological polar surface area (TPSA) is 0 Å². The molecule has 0 radical (unpaired) electrons. The molecule has 0 atom stereocenters. The van der Waals surface area contributed by atoms with Gasteiger partial charge in [-0.3, -0.25) is 0 Å². The van der Waals surface area contributed by atoms with Gasteiger partial charge in [0.25, 0.3) is 0 Å². The average molecular weight is 1020 g/mol. The maximum Gasteiger partial charge on any atom is 0.147 e. The van der Waals surface area contributed by atoms with E-state index < -0.39 is 7.26 Å². The fraction of sp³-hybridized carbons (Fsp3) is 0. The van der Waals surface area contributed by atoms with E-state index >= 15 is 0 Å². The average Bonchev–Trinajstić information content (AvgIpc) is 3.47. The van der Waals surface area contributed by atoms with Crippen LogP contribution in [0.5, 0.6) is 0 Å². The molecule has 0 bridgehead atoms. The summed E-state index contributed by atoms with van der Waals surface area (Å²) >= 11 is 0. The smallest absolute Gasteiger partial charge is 0.147 e. The summed E-state index contributed by atoms with van der Waals surface area (Å²) in [7, 11) is -3.15. The SMILES string of the molecule is [Br-].c1ccc2cc3c(ccc4cccc([P+](c5cccc6ccc7cc8ccccc8cc7c56)(c5cccc6ccc7cc8ccccc8cc7c56)c5cccc6ccc7cc8ccccc8cc7c56)c43)cc2c1. The first-order valence-electron chi connectivity index (χ1n) is 25.4. The number of rotatable bonds is 4. The monoisotopic (exact) mass is 1020 g/mol. The predicted molar refractivity (Wildman–Crippen MR) is 321 cm³/mol. The molecule has 0 nitrogen and oxygen atoms in total. The lowest BCUT2D eigenvalue weighted by atomic mass is 9.98. The number of benzene rings is 16. The van der Waals surface area contributed by atoms with Gasteiger partial charge in [-0.15, -0.1) is 0 Å². The van der Waals surface area contributed by atoms with Crippen molar-refractivity contribution in [3.05, 3.63) is 267 Å². The van der Waals surface area contributed by atoms with E-state index in [0.29, 0.717) is 0 Å². The molecule has 0 amide bonds. The predicted octanol–water partition coefficient (Wildman–Crippen LogP) is 15.1. The minimum absolute atomic E-state index is 0. The van der Waals surface area contributed by atoms with Gasteiger partial charge >= 0.3 is 0 Å². The zero-order chi connectivity index (χ0) is 47.8. The van der Waals surface area contributed by atoms with Gasteiger partial charge in [0, 0.05) is 21.5 Å². The highest BCUT2D eigenvalue weighted by Crippen LogP contribution is 2.61. The normalized spacial score (nSPS) is 12.2. The Morgan fingerprint density at radius 2 is 0.351 bits per heavy atom. The van der Waals surface area contributed by atoms with Crippen molar-refractivity contribution in [3.63, 3.8) is 0 Å². The summed E-state index contributed by atoms with van der Waals surface area (Å²) in [6.45, 7) is 0. The van der Waals surface area contributed by atoms with Gasteiger partial charge in [0.2, 0.25) is 0 Å². The standard InChI is InChI=1S/C72H44P.BrH/c1-5-17-53-41-61-57(37-49(53)13-1)33-29-45-21-9-25-65(69(45)61)73(66-26-10-22-46-30-34-58-38-50-14-2-6-18-54(50)42-62(58)70(46)66,67-27-11-23-47-31-35-59-39-51-15-3-7-19-55(51)43-63(59)71(47)67)68-28-12-24-48-32-36-60-40-52-16-4-8-20-56(52)44-64(60)72(48)68;/h1-44H;1H/q+1;/p-1. The lowest BCUT2D eigenvalue weighted by molar-refractivity contribution is -0.0000131. The van der Waals surface area contributed by atoms with Crippen molar-refractivity contribution in [2.24, 2.45) is 0 Å². The molecule has 0 unspecified atom stereocenters. The van der Waals surface area contributed by atoms with E-state index in [9.17, 15) is 0 Å². The van der Waals surface area contributed by atoms with Crippen molar-refractivity contribution in [2.45, 2.75) is 0 Å². The summed E-state index contributed by atoms with van der Waals surface area (Å²) in [4.78, 5) is 0. The van der Waals surface area contributed by atoms with Crippen LogP contribution in [0.15, 0.2) is 267 Å². The van der Waals surface area contributed by atoms with Gasteiger partial charge in [0.05, 0.1) is 0 Å². The van der Waals surface area contributed by atoms with E-state index in [1.807, 2.05) is 0 Å². The third-order valence-electron chi connectivity index (χ3n) is 16.3. The van der Waals surface area contributed by atoms with E-state index in [0.717, 1.165) is 0 Å². The van der Waals surface area contributed by atoms with Gasteiger partial charge < -0.3 is 17.0 Å². The second-order valence-electron chi connectivity index (χ2n) is 20.1. The van der Waals surface area contributed by atoms with Gasteiger partial charge in [-0.2, -0.15) is 0 Å². The molecule has 0 N–H and O–H groups in total. The quantitative estimate of drug-likeness (QED) is 0.0936. The van der Waals surface area contributed by atoms with Crippen LogP contribution in [-0.2, 0) is 0 Å². The Labute approximate surface area is 438 Å². The summed E-state index contributed by atoms with van der Waals surface area (Å²) in [5, 5.41) is 35.8. The van der Waals surface area contributed by atoms with Gasteiger partial charge in [-0.25, -0.2) is 0 Å². The minimum Gasteiger partial charge on any atom is -1.00 e. The third-order valence-corrected chi connectivity index (χ3v) is 20.6. The Balaban J connectivity index is 0.00000484. The van der Waals surface area contributed by atoms with E-state index in [1.54, 1.807) is 0 Å². The molecule has 16 rings (SSSR count). The molecule has 0 spiro atoms. The van der Waals surface area contributed by atoms with Crippen molar-refractivity contribution in [1.29, 1.82) is 0 Å². The first-order chi connectivity index (χ1) is 36.2. The van der Waals surface area contributed by atoms with Crippen molar-refractivity contribution in [3.8, 4) is 0 Å². The molecule has 16 aromatic rings. The molecule has 0 aromatic heterocycles. The minimum atomic E-state index is -3.15. The number of fused-ring (bicyclic) bond motifs is 16. The Kier molecular flexibility index (Phi) is 9.65. The Morgan fingerprint density at radius 1 is 0.162 bits per heavy atom. The molecular formula is C72H44BrP. The Bertz CT molecular complexity index is 4410. The molecular weight excluding hydrogens is 976 g/mol. The highest BCUT2D eigenvalue weighted by Gasteiger charge is 2.53. The zero-order valence-corrected chi connectivity index (χ0v) is 42.7. The second kappa shape index (κ2) is 16.5. The van der Waals surface area contributed by atoms with E-state index in [1.165, 1.54) is 150 Å². The molecule has 344 valence electrons. The molecule has 0 saturated carbocycles. The van der Waals surface area contributed by atoms with Crippen molar-refractivity contribution >= 4 is 158 Å². The molecule has 0 saturated heterocycles. The Morgan fingerprint density at radius 3 is 0.581 bits per heavy atom. The van der Waals surface area contributed by atoms with Crippen LogP contribution >= 0.6 is 7.26 Å².